The van der Waals surface area contributed by atoms with E-state index in [-0.39, 0.29) is 5.91 Å². The smallest absolute Gasteiger partial charge is 0.253 e. The number of carbonyl (C=O) groups excluding carboxylic acids is 1. The Labute approximate surface area is 199 Å². The van der Waals surface area contributed by atoms with Crippen molar-refractivity contribution < 1.29 is 4.79 Å². The van der Waals surface area contributed by atoms with Crippen LogP contribution in [0.15, 0.2) is 53.5 Å². The number of nitrogens with zero attached hydrogens (tertiary/aromatic N) is 3. The zero-order chi connectivity index (χ0) is 23.5. The number of carbonyl (C=O) groups is 1. The normalized spacial score (nSPS) is 14.3. The topological polar surface area (TPSA) is 60.0 Å². The number of aliphatic imine (C=N–C) groups is 1. The number of nitrogens with one attached hydrogen (secondary N) is 2. The van der Waals surface area contributed by atoms with Crippen LogP contribution in [0.25, 0.3) is 0 Å². The fraction of sp³-hybridized carbons (Fsp3) is 0.481. The van der Waals surface area contributed by atoms with Gasteiger partial charge in [-0.05, 0) is 75.5 Å². The first-order valence-electron chi connectivity index (χ1n) is 12.3. The lowest BCUT2D eigenvalue weighted by molar-refractivity contribution is 0.0773. The van der Waals surface area contributed by atoms with E-state index in [1.807, 2.05) is 43.0 Å². The average Bonchev–Trinajstić information content (AvgIpc) is 3.36. The first-order valence-corrected chi connectivity index (χ1v) is 12.3. The number of amides is 1. The van der Waals surface area contributed by atoms with Gasteiger partial charge in [0, 0.05) is 38.3 Å². The summed E-state index contributed by atoms with van der Waals surface area (Å²) in [7, 11) is 0. The van der Waals surface area contributed by atoms with Crippen LogP contribution in [0.5, 0.6) is 0 Å². The van der Waals surface area contributed by atoms with Crippen molar-refractivity contribution in [3.63, 3.8) is 0 Å². The molecule has 3 rings (SSSR count). The Morgan fingerprint density at radius 3 is 2.09 bits per heavy atom. The SMILES string of the molecule is CCNC(=NCc1ccc(C(=O)N(CC)CC)cc1)NCc1ccc(CN2CCCC2)cc1. The van der Waals surface area contributed by atoms with E-state index >= 15 is 0 Å². The Hall–Kier alpha value is -2.86. The lowest BCUT2D eigenvalue weighted by Gasteiger charge is -2.18. The molecule has 0 unspecified atom stereocenters. The zero-order valence-electron chi connectivity index (χ0n) is 20.4. The summed E-state index contributed by atoms with van der Waals surface area (Å²) >= 11 is 0. The van der Waals surface area contributed by atoms with Crippen LogP contribution < -0.4 is 10.6 Å². The van der Waals surface area contributed by atoms with Crippen molar-refractivity contribution in [2.24, 2.45) is 4.99 Å². The number of guanidine groups is 1. The molecule has 178 valence electrons. The fourth-order valence-electron chi connectivity index (χ4n) is 4.11. The van der Waals surface area contributed by atoms with Gasteiger partial charge in [-0.2, -0.15) is 0 Å². The summed E-state index contributed by atoms with van der Waals surface area (Å²) in [5, 5.41) is 6.74. The summed E-state index contributed by atoms with van der Waals surface area (Å²) < 4.78 is 0. The van der Waals surface area contributed by atoms with Gasteiger partial charge >= 0.3 is 0 Å². The maximum Gasteiger partial charge on any atom is 0.253 e. The summed E-state index contributed by atoms with van der Waals surface area (Å²) in [5.74, 6) is 0.874. The second-order valence-corrected chi connectivity index (χ2v) is 8.52. The molecule has 0 aliphatic carbocycles. The van der Waals surface area contributed by atoms with Gasteiger partial charge in [-0.25, -0.2) is 4.99 Å². The summed E-state index contributed by atoms with van der Waals surface area (Å²) in [6, 6.07) is 16.7. The molecule has 0 atom stereocenters. The van der Waals surface area contributed by atoms with Crippen LogP contribution in [0.1, 0.15) is 60.7 Å². The minimum Gasteiger partial charge on any atom is -0.357 e. The predicted molar refractivity (Wildman–Crippen MR) is 136 cm³/mol. The molecular weight excluding hydrogens is 410 g/mol. The van der Waals surface area contributed by atoms with Gasteiger partial charge in [-0.1, -0.05) is 36.4 Å². The van der Waals surface area contributed by atoms with E-state index in [0.717, 1.165) is 49.8 Å². The van der Waals surface area contributed by atoms with E-state index in [1.165, 1.54) is 37.1 Å². The number of hydrogen-bond donors (Lipinski definition) is 2. The molecule has 6 nitrogen and oxygen atoms in total. The third kappa shape index (κ3) is 7.60. The molecule has 0 radical (unpaired) electrons. The average molecular weight is 450 g/mol. The maximum absolute atomic E-state index is 12.5. The van der Waals surface area contributed by atoms with E-state index < -0.39 is 0 Å². The summed E-state index contributed by atoms with van der Waals surface area (Å²) in [5.41, 5.74) is 4.42. The molecule has 0 spiro atoms. The van der Waals surface area contributed by atoms with Crippen LogP contribution >= 0.6 is 0 Å². The first kappa shape index (κ1) is 24.8. The minimum atomic E-state index is 0.0801. The van der Waals surface area contributed by atoms with Crippen LogP contribution in [0.4, 0.5) is 0 Å². The molecule has 33 heavy (non-hydrogen) atoms. The third-order valence-electron chi connectivity index (χ3n) is 6.10. The van der Waals surface area contributed by atoms with Gasteiger partial charge in [-0.15, -0.1) is 0 Å². The molecule has 1 amide bonds. The highest BCUT2D eigenvalue weighted by atomic mass is 16.2. The van der Waals surface area contributed by atoms with E-state index in [4.69, 9.17) is 4.99 Å². The quantitative estimate of drug-likeness (QED) is 0.425. The molecule has 2 aromatic rings. The van der Waals surface area contributed by atoms with Crippen LogP contribution in [-0.2, 0) is 19.6 Å². The minimum absolute atomic E-state index is 0.0801. The Morgan fingerprint density at radius 2 is 1.48 bits per heavy atom. The highest BCUT2D eigenvalue weighted by molar-refractivity contribution is 5.94. The standard InChI is InChI=1S/C27H39N5O/c1-4-28-27(29-19-22-9-11-24(12-10-22)21-31-17-7-8-18-31)30-20-23-13-15-25(16-14-23)26(33)32(5-2)6-3/h9-16H,4-8,17-21H2,1-3H3,(H2,28,29,30). The fourth-order valence-corrected chi connectivity index (χ4v) is 4.11. The predicted octanol–water partition coefficient (Wildman–Crippen LogP) is 4.02. The first-order chi connectivity index (χ1) is 16.1. The molecule has 1 fully saturated rings. The summed E-state index contributed by atoms with van der Waals surface area (Å²) in [6.45, 7) is 13.1. The molecule has 1 aliphatic rings. The van der Waals surface area contributed by atoms with Gasteiger partial charge in [0.25, 0.3) is 5.91 Å². The lowest BCUT2D eigenvalue weighted by Crippen LogP contribution is -2.36. The maximum atomic E-state index is 12.5. The number of rotatable bonds is 10. The van der Waals surface area contributed by atoms with E-state index in [0.29, 0.717) is 6.54 Å². The molecule has 1 heterocycles. The lowest BCUT2D eigenvalue weighted by atomic mass is 10.1. The van der Waals surface area contributed by atoms with Crippen molar-refractivity contribution in [1.82, 2.24) is 20.4 Å². The van der Waals surface area contributed by atoms with Crippen LogP contribution in [0, 0.1) is 0 Å². The van der Waals surface area contributed by atoms with E-state index in [9.17, 15) is 4.79 Å². The van der Waals surface area contributed by atoms with Crippen molar-refractivity contribution >= 4 is 11.9 Å². The second-order valence-electron chi connectivity index (χ2n) is 8.52. The Bertz CT molecular complexity index is 882. The Morgan fingerprint density at radius 1 is 0.879 bits per heavy atom. The highest BCUT2D eigenvalue weighted by Crippen LogP contribution is 2.13. The van der Waals surface area contributed by atoms with Crippen LogP contribution in [-0.4, -0.2) is 54.4 Å². The molecule has 1 saturated heterocycles. The van der Waals surface area contributed by atoms with Crippen molar-refractivity contribution in [2.45, 2.75) is 53.2 Å². The van der Waals surface area contributed by atoms with Gasteiger partial charge in [-0.3, -0.25) is 9.69 Å². The van der Waals surface area contributed by atoms with Gasteiger partial charge < -0.3 is 15.5 Å². The Kier molecular flexibility index (Phi) is 9.76. The van der Waals surface area contributed by atoms with Crippen LogP contribution in [0.3, 0.4) is 0 Å². The van der Waals surface area contributed by atoms with Crippen LogP contribution in [0.2, 0.25) is 0 Å². The molecule has 2 N–H and O–H groups in total. The molecule has 1 aliphatic heterocycles. The van der Waals surface area contributed by atoms with Gasteiger partial charge in [0.1, 0.15) is 0 Å². The summed E-state index contributed by atoms with van der Waals surface area (Å²) in [4.78, 5) is 21.5. The van der Waals surface area contributed by atoms with Crippen molar-refractivity contribution in [1.29, 1.82) is 0 Å². The molecule has 0 saturated carbocycles. The monoisotopic (exact) mass is 449 g/mol. The van der Waals surface area contributed by atoms with Gasteiger partial charge in [0.15, 0.2) is 5.96 Å². The number of benzene rings is 2. The number of hydrogen-bond acceptors (Lipinski definition) is 3. The Balaban J connectivity index is 1.53. The third-order valence-corrected chi connectivity index (χ3v) is 6.10. The van der Waals surface area contributed by atoms with Crippen molar-refractivity contribution in [3.05, 3.63) is 70.8 Å². The molecule has 6 heteroatoms. The van der Waals surface area contributed by atoms with E-state index in [1.54, 1.807) is 0 Å². The van der Waals surface area contributed by atoms with E-state index in [2.05, 4.69) is 46.7 Å². The number of likely N-dealkylation sites (tertiary alicyclic amines) is 1. The molecule has 0 aromatic heterocycles. The van der Waals surface area contributed by atoms with Gasteiger partial charge in [0.2, 0.25) is 0 Å². The molecule has 2 aromatic carbocycles. The zero-order valence-corrected chi connectivity index (χ0v) is 20.4. The second kappa shape index (κ2) is 13.0. The largest absolute Gasteiger partial charge is 0.357 e. The highest BCUT2D eigenvalue weighted by Gasteiger charge is 2.12. The molecule has 0 bridgehead atoms. The molecular formula is C27H39N5O. The summed E-state index contributed by atoms with van der Waals surface area (Å²) in [6.07, 6.45) is 2.65. The van der Waals surface area contributed by atoms with Crippen molar-refractivity contribution in [3.8, 4) is 0 Å². The van der Waals surface area contributed by atoms with Gasteiger partial charge in [0.05, 0.1) is 6.54 Å². The van der Waals surface area contributed by atoms with Crippen molar-refractivity contribution in [2.75, 3.05) is 32.7 Å².